The zero-order valence-electron chi connectivity index (χ0n) is 20.5. The van der Waals surface area contributed by atoms with Crippen molar-refractivity contribution < 1.29 is 13.7 Å². The number of hydrogen-bond acceptors (Lipinski definition) is 7. The average Bonchev–Trinajstić information content (AvgIpc) is 3.53. The van der Waals surface area contributed by atoms with Gasteiger partial charge in [0.15, 0.2) is 22.7 Å². The zero-order chi connectivity index (χ0) is 26.0. The molecule has 0 amide bonds. The van der Waals surface area contributed by atoms with E-state index in [2.05, 4.69) is 9.97 Å². The van der Waals surface area contributed by atoms with Gasteiger partial charge in [0.2, 0.25) is 5.16 Å². The van der Waals surface area contributed by atoms with Crippen LogP contribution < -0.4 is 20.7 Å². The number of benzene rings is 2. The van der Waals surface area contributed by atoms with Gasteiger partial charge in [-0.05, 0) is 35.9 Å². The zero-order valence-corrected chi connectivity index (χ0v) is 21.3. The van der Waals surface area contributed by atoms with Crippen LogP contribution in [0, 0.1) is 0 Å². The fraction of sp³-hybridized carbons (Fsp3) is 0.200. The van der Waals surface area contributed by atoms with Gasteiger partial charge in [0, 0.05) is 26.0 Å². The molecule has 0 radical (unpaired) electrons. The van der Waals surface area contributed by atoms with Crippen LogP contribution in [0.3, 0.4) is 0 Å². The Morgan fingerprint density at radius 1 is 0.973 bits per heavy atom. The molecule has 0 aliphatic carbocycles. The molecule has 2 aromatic carbocycles. The second-order valence-electron chi connectivity index (χ2n) is 8.69. The van der Waals surface area contributed by atoms with Gasteiger partial charge in [-0.25, -0.2) is 14.0 Å². The lowest BCUT2D eigenvalue weighted by Crippen LogP contribution is -2.37. The summed E-state index contributed by atoms with van der Waals surface area (Å²) >= 11 is 0. The van der Waals surface area contributed by atoms with Crippen LogP contribution in [0.15, 0.2) is 62.1 Å². The molecule has 0 fully saturated rings. The number of rotatable bonds is 4. The quantitative estimate of drug-likeness (QED) is 0.359. The normalized spacial score (nSPS) is 16.1. The van der Waals surface area contributed by atoms with Crippen molar-refractivity contribution in [1.29, 1.82) is 0 Å². The van der Waals surface area contributed by atoms with Crippen molar-refractivity contribution in [2.75, 3.05) is 7.11 Å². The van der Waals surface area contributed by atoms with Gasteiger partial charge in [-0.1, -0.05) is 18.2 Å². The van der Waals surface area contributed by atoms with E-state index in [0.29, 0.717) is 23.2 Å². The van der Waals surface area contributed by atoms with E-state index >= 15 is 0 Å². The molecule has 188 valence electrons. The van der Waals surface area contributed by atoms with Crippen LogP contribution in [0.5, 0.6) is 17.5 Å². The van der Waals surface area contributed by atoms with E-state index in [1.807, 2.05) is 41.0 Å². The van der Waals surface area contributed by atoms with E-state index in [4.69, 9.17) is 9.47 Å². The maximum absolute atomic E-state index is 13.1. The molecular weight excluding hydrogens is 496 g/mol. The SMILES string of the molecule is COc1cc(/C=C2/Cn3c(nc4ccccc43)S2=O)ccc1Oc1nc2c(c(=O)n(C)c(=O)n2C)n1C. The average molecular weight is 519 g/mol. The molecule has 3 aromatic heterocycles. The molecule has 0 spiro atoms. The Kier molecular flexibility index (Phi) is 5.16. The van der Waals surface area contributed by atoms with Crippen molar-refractivity contribution in [3.63, 3.8) is 0 Å². The molecule has 37 heavy (non-hydrogen) atoms. The molecule has 11 nitrogen and oxygen atoms in total. The Hall–Kier alpha value is -4.45. The van der Waals surface area contributed by atoms with E-state index < -0.39 is 22.0 Å². The molecule has 6 rings (SSSR count). The van der Waals surface area contributed by atoms with Crippen LogP contribution in [-0.2, 0) is 38.5 Å². The fourth-order valence-electron chi connectivity index (χ4n) is 4.51. The number of methoxy groups -OCH3 is 1. The molecule has 0 N–H and O–H groups in total. The van der Waals surface area contributed by atoms with Gasteiger partial charge < -0.3 is 14.0 Å². The van der Waals surface area contributed by atoms with Gasteiger partial charge in [0.25, 0.3) is 5.56 Å². The lowest BCUT2D eigenvalue weighted by atomic mass is 10.2. The van der Waals surface area contributed by atoms with Crippen molar-refractivity contribution in [3.8, 4) is 17.5 Å². The number of allylic oxidation sites excluding steroid dienone is 1. The second-order valence-corrected chi connectivity index (χ2v) is 10.1. The van der Waals surface area contributed by atoms with Crippen LogP contribution in [0.1, 0.15) is 5.56 Å². The second kappa shape index (κ2) is 8.30. The van der Waals surface area contributed by atoms with Gasteiger partial charge in [-0.3, -0.25) is 18.5 Å². The summed E-state index contributed by atoms with van der Waals surface area (Å²) in [5, 5.41) is 0.543. The maximum atomic E-state index is 13.1. The van der Waals surface area contributed by atoms with Gasteiger partial charge >= 0.3 is 11.7 Å². The lowest BCUT2D eigenvalue weighted by molar-refractivity contribution is 0.363. The Balaban J connectivity index is 1.34. The minimum atomic E-state index is -1.37. The summed E-state index contributed by atoms with van der Waals surface area (Å²) in [6.45, 7) is 0.483. The smallest absolute Gasteiger partial charge is 0.332 e. The predicted octanol–water partition coefficient (Wildman–Crippen LogP) is 2.28. The predicted molar refractivity (Wildman–Crippen MR) is 138 cm³/mol. The Bertz CT molecular complexity index is 1930. The maximum Gasteiger partial charge on any atom is 0.332 e. The molecule has 1 aliphatic heterocycles. The van der Waals surface area contributed by atoms with Crippen molar-refractivity contribution in [2.24, 2.45) is 21.1 Å². The highest BCUT2D eigenvalue weighted by molar-refractivity contribution is 7.89. The highest BCUT2D eigenvalue weighted by atomic mass is 32.2. The topological polar surface area (TPSA) is 115 Å². The Labute approximate surface area is 212 Å². The molecular formula is C25H22N6O5S. The number of aromatic nitrogens is 6. The molecule has 12 heteroatoms. The van der Waals surface area contributed by atoms with Crippen LogP contribution in [0.25, 0.3) is 28.3 Å². The Morgan fingerprint density at radius 2 is 1.76 bits per heavy atom. The first kappa shape index (κ1) is 23.0. The van der Waals surface area contributed by atoms with E-state index in [9.17, 15) is 13.8 Å². The molecule has 0 saturated heterocycles. The minimum absolute atomic E-state index is 0.131. The van der Waals surface area contributed by atoms with Crippen molar-refractivity contribution in [2.45, 2.75) is 11.7 Å². The van der Waals surface area contributed by atoms with Crippen LogP contribution in [-0.4, -0.2) is 39.6 Å². The van der Waals surface area contributed by atoms with E-state index in [-0.39, 0.29) is 17.2 Å². The highest BCUT2D eigenvalue weighted by Gasteiger charge is 2.27. The standard InChI is InChI=1S/C25H22N6O5S/c1-28-20-21(29(2)25(33)30(3)22(20)32)27-23(28)36-18-10-9-14(12-19(18)35-4)11-15-13-31-17-8-6-5-7-16(17)26-24(31)37(15)34/h5-12H,13H2,1-4H3/b15-11-. The number of para-hydroxylation sites is 2. The fourth-order valence-corrected chi connectivity index (χ4v) is 5.78. The van der Waals surface area contributed by atoms with E-state index in [0.717, 1.165) is 26.1 Å². The first-order valence-corrected chi connectivity index (χ1v) is 12.5. The van der Waals surface area contributed by atoms with Crippen molar-refractivity contribution >= 4 is 39.1 Å². The third-order valence-electron chi connectivity index (χ3n) is 6.49. The lowest BCUT2D eigenvalue weighted by Gasteiger charge is -2.10. The first-order chi connectivity index (χ1) is 17.8. The summed E-state index contributed by atoms with van der Waals surface area (Å²) in [7, 11) is 4.76. The summed E-state index contributed by atoms with van der Waals surface area (Å²) in [6, 6.07) is 13.2. The highest BCUT2D eigenvalue weighted by Crippen LogP contribution is 2.35. The molecule has 4 heterocycles. The third kappa shape index (κ3) is 3.44. The Morgan fingerprint density at radius 3 is 2.54 bits per heavy atom. The number of fused-ring (bicyclic) bond motifs is 4. The van der Waals surface area contributed by atoms with E-state index in [1.54, 1.807) is 26.2 Å². The molecule has 0 saturated carbocycles. The minimum Gasteiger partial charge on any atom is -0.493 e. The first-order valence-electron chi connectivity index (χ1n) is 11.3. The summed E-state index contributed by atoms with van der Waals surface area (Å²) in [5.41, 5.74) is 2.08. The van der Waals surface area contributed by atoms with Crippen molar-refractivity contribution in [3.05, 3.63) is 73.8 Å². The number of ether oxygens (including phenoxy) is 2. The van der Waals surface area contributed by atoms with Crippen LogP contribution in [0.2, 0.25) is 0 Å². The van der Waals surface area contributed by atoms with Crippen LogP contribution >= 0.6 is 0 Å². The number of hydrogen-bond donors (Lipinski definition) is 0. The van der Waals surface area contributed by atoms with Crippen molar-refractivity contribution in [1.82, 2.24) is 28.2 Å². The summed E-state index contributed by atoms with van der Waals surface area (Å²) < 4.78 is 30.4. The molecule has 1 unspecified atom stereocenters. The number of imidazole rings is 2. The van der Waals surface area contributed by atoms with Gasteiger partial charge in [-0.2, -0.15) is 4.98 Å². The van der Waals surface area contributed by atoms with Crippen LogP contribution in [0.4, 0.5) is 0 Å². The van der Waals surface area contributed by atoms with Gasteiger partial charge in [0.05, 0.1) is 24.7 Å². The summed E-state index contributed by atoms with van der Waals surface area (Å²) in [6.07, 6.45) is 1.86. The number of nitrogens with zero attached hydrogens (tertiary/aromatic N) is 6. The molecule has 1 atom stereocenters. The molecule has 0 bridgehead atoms. The summed E-state index contributed by atoms with van der Waals surface area (Å²) in [5.74, 6) is 0.798. The molecule has 5 aromatic rings. The van der Waals surface area contributed by atoms with Gasteiger partial charge in [0.1, 0.15) is 10.8 Å². The monoisotopic (exact) mass is 518 g/mol. The van der Waals surface area contributed by atoms with Gasteiger partial charge in [-0.15, -0.1) is 0 Å². The van der Waals surface area contributed by atoms with E-state index in [1.165, 1.54) is 23.3 Å². The summed E-state index contributed by atoms with van der Waals surface area (Å²) in [4.78, 5) is 34.6. The largest absolute Gasteiger partial charge is 0.493 e. The third-order valence-corrected chi connectivity index (χ3v) is 7.86. The molecule has 1 aliphatic rings. The number of aryl methyl sites for hydroxylation is 2.